The number of terminal acetylenes is 1. The van der Waals surface area contributed by atoms with Crippen molar-refractivity contribution in [3.8, 4) is 12.3 Å². The van der Waals surface area contributed by atoms with Gasteiger partial charge in [0.25, 0.3) is 5.91 Å². The third-order valence-electron chi connectivity index (χ3n) is 8.72. The fraction of sp³-hybridized carbons (Fsp3) is 0.885. The molecular weight excluding hydrogens is 618 g/mol. The minimum Gasteiger partial charge on any atom is -0.389 e. The van der Waals surface area contributed by atoms with Crippen LogP contribution < -0.4 is 39.7 Å². The van der Waals surface area contributed by atoms with Crippen LogP contribution in [0.4, 0.5) is 0 Å². The summed E-state index contributed by atoms with van der Waals surface area (Å²) in [6.45, 7) is -0.609. The summed E-state index contributed by atoms with van der Waals surface area (Å²) in [5, 5.41) is 66.1. The standard InChI is InChI=1S/C26H47N7O13/c1-2-3-33-23(40)22-21(44-25-12(32)17(38)15(36)10(6-28)42-25)18(39)26(46-22)45-20-13(34)7(29)4-8(30)19(20)43-24-11(31)16(37)14(35)9(5-27)41-24/h1,7-22,24-26,34-39H,3-6,27-32H2,(H,33,40)/t7-,8+,9-,10+,11-,12-,13+,14-,15-,16-,17-,18-,19-,20-,21+,22+,24-,25-,26-/m1/s1. The molecule has 20 heteroatoms. The summed E-state index contributed by atoms with van der Waals surface area (Å²) in [7, 11) is 0. The minimum absolute atomic E-state index is 0.0451. The number of ether oxygens (including phenoxy) is 6. The topological polar surface area (TPSA) is 362 Å². The Hall–Kier alpha value is -1.69. The number of nitrogens with two attached hydrogens (primary N) is 6. The molecule has 0 aromatic heterocycles. The van der Waals surface area contributed by atoms with Gasteiger partial charge in [-0.15, -0.1) is 6.42 Å². The van der Waals surface area contributed by atoms with Gasteiger partial charge in [0, 0.05) is 25.2 Å². The Kier molecular flexibility index (Phi) is 12.7. The van der Waals surface area contributed by atoms with E-state index in [1.807, 2.05) is 0 Å². The van der Waals surface area contributed by atoms with E-state index in [-0.39, 0.29) is 26.1 Å². The van der Waals surface area contributed by atoms with Crippen LogP contribution in [0.1, 0.15) is 6.42 Å². The lowest BCUT2D eigenvalue weighted by molar-refractivity contribution is -0.306. The van der Waals surface area contributed by atoms with E-state index >= 15 is 0 Å². The molecule has 3 heterocycles. The number of aliphatic hydroxyl groups excluding tert-OH is 6. The zero-order chi connectivity index (χ0) is 34.0. The van der Waals surface area contributed by atoms with E-state index in [0.717, 1.165) is 0 Å². The molecule has 0 aromatic rings. The molecule has 0 spiro atoms. The van der Waals surface area contributed by atoms with Crippen molar-refractivity contribution in [2.24, 2.45) is 34.4 Å². The van der Waals surface area contributed by atoms with Gasteiger partial charge in [-0.3, -0.25) is 4.79 Å². The van der Waals surface area contributed by atoms with Crippen molar-refractivity contribution in [2.45, 2.75) is 123 Å². The maximum atomic E-state index is 13.0. The van der Waals surface area contributed by atoms with E-state index < -0.39 is 122 Å². The van der Waals surface area contributed by atoms with Gasteiger partial charge in [0.05, 0.1) is 24.7 Å². The largest absolute Gasteiger partial charge is 0.389 e. The fourth-order valence-electron chi connectivity index (χ4n) is 5.96. The second-order valence-electron chi connectivity index (χ2n) is 11.9. The van der Waals surface area contributed by atoms with Crippen molar-refractivity contribution in [1.82, 2.24) is 5.32 Å². The monoisotopic (exact) mass is 665 g/mol. The van der Waals surface area contributed by atoms with Gasteiger partial charge in [-0.1, -0.05) is 5.92 Å². The average molecular weight is 666 g/mol. The Morgan fingerprint density at radius 1 is 0.696 bits per heavy atom. The highest BCUT2D eigenvalue weighted by molar-refractivity contribution is 5.82. The van der Waals surface area contributed by atoms with E-state index in [1.165, 1.54) is 0 Å². The first-order valence-electron chi connectivity index (χ1n) is 14.9. The zero-order valence-corrected chi connectivity index (χ0v) is 24.9. The van der Waals surface area contributed by atoms with E-state index in [1.54, 1.807) is 0 Å². The van der Waals surface area contributed by atoms with Gasteiger partial charge in [0.1, 0.15) is 61.0 Å². The van der Waals surface area contributed by atoms with Gasteiger partial charge in [-0.2, -0.15) is 0 Å². The fourth-order valence-corrected chi connectivity index (χ4v) is 5.96. The number of nitrogens with one attached hydrogen (secondary N) is 1. The molecule has 0 unspecified atom stereocenters. The van der Waals surface area contributed by atoms with Crippen molar-refractivity contribution in [3.63, 3.8) is 0 Å². The van der Waals surface area contributed by atoms with Gasteiger partial charge in [0.15, 0.2) is 25.0 Å². The summed E-state index contributed by atoms with van der Waals surface area (Å²) in [5.41, 5.74) is 35.8. The molecule has 4 rings (SSSR count). The molecule has 264 valence electrons. The van der Waals surface area contributed by atoms with Crippen LogP contribution in [0.3, 0.4) is 0 Å². The highest BCUT2D eigenvalue weighted by Crippen LogP contribution is 2.34. The number of hydrogen-bond donors (Lipinski definition) is 13. The first-order valence-corrected chi connectivity index (χ1v) is 14.9. The zero-order valence-electron chi connectivity index (χ0n) is 24.9. The Morgan fingerprint density at radius 2 is 1.20 bits per heavy atom. The first-order chi connectivity index (χ1) is 21.7. The second kappa shape index (κ2) is 15.7. The van der Waals surface area contributed by atoms with Crippen LogP contribution in [0.2, 0.25) is 0 Å². The molecule has 1 aliphatic carbocycles. The summed E-state index contributed by atoms with van der Waals surface area (Å²) in [6, 6.07) is -4.44. The smallest absolute Gasteiger partial charge is 0.252 e. The maximum absolute atomic E-state index is 13.0. The predicted molar refractivity (Wildman–Crippen MR) is 153 cm³/mol. The van der Waals surface area contributed by atoms with Crippen molar-refractivity contribution in [3.05, 3.63) is 0 Å². The Morgan fingerprint density at radius 3 is 1.70 bits per heavy atom. The number of carbonyl (C=O) groups is 1. The molecule has 4 fully saturated rings. The van der Waals surface area contributed by atoms with Crippen molar-refractivity contribution < 1.29 is 63.9 Å². The molecule has 0 radical (unpaired) electrons. The summed E-state index contributed by atoms with van der Waals surface area (Å²) in [5.74, 6) is 1.41. The molecule has 19 atom stereocenters. The summed E-state index contributed by atoms with van der Waals surface area (Å²) in [4.78, 5) is 13.0. The molecule has 4 aliphatic rings. The number of amides is 1. The average Bonchev–Trinajstić information content (AvgIpc) is 3.34. The minimum atomic E-state index is -1.77. The Labute approximate surface area is 264 Å². The van der Waals surface area contributed by atoms with E-state index in [2.05, 4.69) is 11.2 Å². The third-order valence-corrected chi connectivity index (χ3v) is 8.72. The lowest BCUT2D eigenvalue weighted by atomic mass is 9.84. The van der Waals surface area contributed by atoms with Crippen LogP contribution in [0.15, 0.2) is 0 Å². The lowest BCUT2D eigenvalue weighted by Gasteiger charge is -2.47. The molecule has 19 N–H and O–H groups in total. The van der Waals surface area contributed by atoms with Crippen molar-refractivity contribution >= 4 is 5.91 Å². The van der Waals surface area contributed by atoms with Gasteiger partial charge in [0.2, 0.25) is 0 Å². The predicted octanol–water partition coefficient (Wildman–Crippen LogP) is -9.14. The molecule has 0 bridgehead atoms. The number of carbonyl (C=O) groups excluding carboxylic acids is 1. The third kappa shape index (κ3) is 7.47. The molecule has 1 saturated carbocycles. The molecular formula is C26H47N7O13. The lowest BCUT2D eigenvalue weighted by Crippen LogP contribution is -2.68. The molecule has 0 aromatic carbocycles. The Bertz CT molecular complexity index is 1060. The van der Waals surface area contributed by atoms with Crippen molar-refractivity contribution in [2.75, 3.05) is 19.6 Å². The summed E-state index contributed by atoms with van der Waals surface area (Å²) in [6.07, 6.45) is -16.3. The number of rotatable bonds is 10. The molecule has 20 nitrogen and oxygen atoms in total. The first kappa shape index (κ1) is 37.1. The van der Waals surface area contributed by atoms with E-state index in [9.17, 15) is 35.4 Å². The number of aliphatic hydroxyl groups is 6. The maximum Gasteiger partial charge on any atom is 0.252 e. The van der Waals surface area contributed by atoms with Gasteiger partial charge in [-0.25, -0.2) is 0 Å². The summed E-state index contributed by atoms with van der Waals surface area (Å²) < 4.78 is 34.9. The van der Waals surface area contributed by atoms with Gasteiger partial charge >= 0.3 is 0 Å². The van der Waals surface area contributed by atoms with Crippen LogP contribution in [-0.4, -0.2) is 172 Å². The van der Waals surface area contributed by atoms with Crippen LogP contribution >= 0.6 is 0 Å². The van der Waals surface area contributed by atoms with Crippen molar-refractivity contribution in [1.29, 1.82) is 0 Å². The molecule has 46 heavy (non-hydrogen) atoms. The Balaban J connectivity index is 1.57. The van der Waals surface area contributed by atoms with Crippen LogP contribution in [0.5, 0.6) is 0 Å². The highest BCUT2D eigenvalue weighted by atomic mass is 16.8. The van der Waals surface area contributed by atoms with Crippen LogP contribution in [0, 0.1) is 12.3 Å². The summed E-state index contributed by atoms with van der Waals surface area (Å²) >= 11 is 0. The van der Waals surface area contributed by atoms with Gasteiger partial charge < -0.3 is 98.8 Å². The second-order valence-corrected chi connectivity index (χ2v) is 11.9. The van der Waals surface area contributed by atoms with Crippen LogP contribution in [-0.2, 0) is 33.2 Å². The number of hydrogen-bond acceptors (Lipinski definition) is 19. The molecule has 3 saturated heterocycles. The molecule has 1 amide bonds. The SMILES string of the molecule is C#CCNC(=O)[C@H]1O[C@@H](O[C@@H]2[C@@H](O)[C@H](N)C[C@H](N)[C@H]2O[C@H]2O[C@H](CN)[C@@H](O)[C@H](O)[C@H]2N)[C@H](O)[C@@H]1O[C@H]1O[C@@H](CN)[C@@H](O)[C@H](O)[C@H]1N. The van der Waals surface area contributed by atoms with Gasteiger partial charge in [-0.05, 0) is 6.42 Å². The van der Waals surface area contributed by atoms with Crippen LogP contribution in [0.25, 0.3) is 0 Å². The quantitative estimate of drug-likeness (QED) is 0.0963. The highest BCUT2D eigenvalue weighted by Gasteiger charge is 2.56. The van der Waals surface area contributed by atoms with E-state index in [0.29, 0.717) is 0 Å². The van der Waals surface area contributed by atoms with E-state index in [4.69, 9.17) is 69.2 Å². The normalized spacial score (nSPS) is 49.8. The molecule has 3 aliphatic heterocycles.